The second kappa shape index (κ2) is 7.33. The van der Waals surface area contributed by atoms with E-state index in [2.05, 4.69) is 25.1 Å². The second-order valence-electron chi connectivity index (χ2n) is 5.78. The van der Waals surface area contributed by atoms with Crippen molar-refractivity contribution in [2.24, 2.45) is 12.0 Å². The molecule has 1 aromatic carbocycles. The number of para-hydroxylation sites is 1. The number of aliphatic imine (C=N–C) groups is 1. The van der Waals surface area contributed by atoms with Gasteiger partial charge in [0.15, 0.2) is 5.96 Å². The average molecular weight is 330 g/mol. The van der Waals surface area contributed by atoms with Gasteiger partial charge in [0.1, 0.15) is 11.6 Å². The first-order chi connectivity index (χ1) is 11.7. The molecule has 0 unspecified atom stereocenters. The molecule has 1 N–H and O–H groups in total. The van der Waals surface area contributed by atoms with Crippen LogP contribution in [0.3, 0.4) is 0 Å². The Kier molecular flexibility index (Phi) is 4.98. The number of hydrogen-bond donors (Lipinski definition) is 1. The number of anilines is 1. The number of halogens is 1. The average Bonchev–Trinajstić information content (AvgIpc) is 3.02. The highest BCUT2D eigenvalue weighted by Gasteiger charge is 2.21. The van der Waals surface area contributed by atoms with E-state index in [0.717, 1.165) is 38.0 Å². The van der Waals surface area contributed by atoms with Crippen LogP contribution < -0.4 is 10.2 Å². The molecular formula is C17H23FN6. The number of rotatable bonds is 3. The lowest BCUT2D eigenvalue weighted by Gasteiger charge is -2.37. The van der Waals surface area contributed by atoms with E-state index in [1.54, 1.807) is 19.3 Å². The molecule has 0 spiro atoms. The number of nitrogens with zero attached hydrogens (tertiary/aromatic N) is 5. The summed E-state index contributed by atoms with van der Waals surface area (Å²) in [6.45, 7) is 3.76. The predicted octanol–water partition coefficient (Wildman–Crippen LogP) is 1.46. The molecule has 0 saturated carbocycles. The molecule has 6 nitrogen and oxygen atoms in total. The van der Waals surface area contributed by atoms with Gasteiger partial charge in [0.25, 0.3) is 0 Å². The Morgan fingerprint density at radius 3 is 2.62 bits per heavy atom. The van der Waals surface area contributed by atoms with Gasteiger partial charge in [-0.3, -0.25) is 4.99 Å². The van der Waals surface area contributed by atoms with Gasteiger partial charge in [-0.1, -0.05) is 12.1 Å². The number of piperazine rings is 1. The van der Waals surface area contributed by atoms with Crippen LogP contribution in [0.15, 0.2) is 41.7 Å². The molecule has 0 bridgehead atoms. The normalized spacial score (nSPS) is 15.7. The van der Waals surface area contributed by atoms with E-state index in [1.807, 2.05) is 29.9 Å². The van der Waals surface area contributed by atoms with Crippen molar-refractivity contribution in [3.8, 4) is 0 Å². The zero-order valence-corrected chi connectivity index (χ0v) is 14.1. The fourth-order valence-electron chi connectivity index (χ4n) is 2.92. The highest BCUT2D eigenvalue weighted by molar-refractivity contribution is 5.80. The topological polar surface area (TPSA) is 48.7 Å². The molecule has 0 radical (unpaired) electrons. The largest absolute Gasteiger partial charge is 0.366 e. The van der Waals surface area contributed by atoms with Gasteiger partial charge in [-0.05, 0) is 12.1 Å². The van der Waals surface area contributed by atoms with Gasteiger partial charge in [-0.15, -0.1) is 0 Å². The van der Waals surface area contributed by atoms with Gasteiger partial charge in [0.2, 0.25) is 0 Å². The quantitative estimate of drug-likeness (QED) is 0.684. The van der Waals surface area contributed by atoms with Crippen molar-refractivity contribution in [3.63, 3.8) is 0 Å². The first-order valence-corrected chi connectivity index (χ1v) is 8.10. The first kappa shape index (κ1) is 16.3. The maximum Gasteiger partial charge on any atom is 0.194 e. The van der Waals surface area contributed by atoms with Crippen molar-refractivity contribution in [1.82, 2.24) is 19.8 Å². The van der Waals surface area contributed by atoms with Crippen molar-refractivity contribution in [2.45, 2.75) is 6.54 Å². The zero-order valence-electron chi connectivity index (χ0n) is 14.1. The molecule has 0 aliphatic carbocycles. The lowest BCUT2D eigenvalue weighted by molar-refractivity contribution is 0.370. The van der Waals surface area contributed by atoms with E-state index < -0.39 is 0 Å². The third-order valence-corrected chi connectivity index (χ3v) is 4.31. The summed E-state index contributed by atoms with van der Waals surface area (Å²) < 4.78 is 15.9. The maximum atomic E-state index is 13.9. The van der Waals surface area contributed by atoms with Crippen LogP contribution in [0.4, 0.5) is 10.1 Å². The van der Waals surface area contributed by atoms with Crippen LogP contribution in [0, 0.1) is 5.82 Å². The molecule has 7 heteroatoms. The van der Waals surface area contributed by atoms with Gasteiger partial charge < -0.3 is 19.7 Å². The molecule has 1 aromatic heterocycles. The minimum atomic E-state index is -0.164. The van der Waals surface area contributed by atoms with Gasteiger partial charge in [0.05, 0.1) is 12.2 Å². The smallest absolute Gasteiger partial charge is 0.194 e. The van der Waals surface area contributed by atoms with E-state index in [4.69, 9.17) is 0 Å². The highest BCUT2D eigenvalue weighted by Crippen LogP contribution is 2.20. The number of aromatic nitrogens is 2. The van der Waals surface area contributed by atoms with Gasteiger partial charge >= 0.3 is 0 Å². The van der Waals surface area contributed by atoms with Crippen LogP contribution in [0.2, 0.25) is 0 Å². The minimum Gasteiger partial charge on any atom is -0.366 e. The number of guanidine groups is 1. The number of imidazole rings is 1. The van der Waals surface area contributed by atoms with Crippen molar-refractivity contribution in [1.29, 1.82) is 0 Å². The Morgan fingerprint density at radius 2 is 2.00 bits per heavy atom. The summed E-state index contributed by atoms with van der Waals surface area (Å²) in [4.78, 5) is 12.9. The minimum absolute atomic E-state index is 0.164. The van der Waals surface area contributed by atoms with E-state index in [1.165, 1.54) is 6.07 Å². The number of aryl methyl sites for hydroxylation is 1. The zero-order chi connectivity index (χ0) is 16.9. The highest BCUT2D eigenvalue weighted by atomic mass is 19.1. The summed E-state index contributed by atoms with van der Waals surface area (Å²) in [6.07, 6.45) is 3.71. The van der Waals surface area contributed by atoms with Crippen molar-refractivity contribution in [3.05, 3.63) is 48.3 Å². The molecule has 2 heterocycles. The van der Waals surface area contributed by atoms with Crippen LogP contribution >= 0.6 is 0 Å². The lowest BCUT2D eigenvalue weighted by Crippen LogP contribution is -2.52. The molecule has 1 saturated heterocycles. The monoisotopic (exact) mass is 330 g/mol. The number of benzene rings is 1. The first-order valence-electron chi connectivity index (χ1n) is 8.10. The summed E-state index contributed by atoms with van der Waals surface area (Å²) in [5.74, 6) is 1.65. The lowest BCUT2D eigenvalue weighted by atomic mass is 10.2. The summed E-state index contributed by atoms with van der Waals surface area (Å²) in [5, 5.41) is 3.35. The molecular weight excluding hydrogens is 307 g/mol. The Morgan fingerprint density at radius 1 is 1.25 bits per heavy atom. The molecule has 0 atom stereocenters. The molecule has 3 rings (SSSR count). The predicted molar refractivity (Wildman–Crippen MR) is 93.6 cm³/mol. The molecule has 1 fully saturated rings. The van der Waals surface area contributed by atoms with Gasteiger partial charge in [-0.25, -0.2) is 9.37 Å². The number of hydrogen-bond acceptors (Lipinski definition) is 3. The van der Waals surface area contributed by atoms with Crippen molar-refractivity contribution < 1.29 is 4.39 Å². The Balaban J connectivity index is 1.57. The van der Waals surface area contributed by atoms with Crippen LogP contribution in [0.1, 0.15) is 5.82 Å². The van der Waals surface area contributed by atoms with Crippen LogP contribution in [-0.2, 0) is 13.6 Å². The van der Waals surface area contributed by atoms with Crippen molar-refractivity contribution >= 4 is 11.6 Å². The third-order valence-electron chi connectivity index (χ3n) is 4.31. The summed E-state index contributed by atoms with van der Waals surface area (Å²) in [5.41, 5.74) is 0.674. The molecule has 128 valence electrons. The summed E-state index contributed by atoms with van der Waals surface area (Å²) in [6, 6.07) is 6.94. The summed E-state index contributed by atoms with van der Waals surface area (Å²) >= 11 is 0. The summed E-state index contributed by atoms with van der Waals surface area (Å²) in [7, 11) is 3.75. The Bertz CT molecular complexity index is 703. The standard InChI is InChI=1S/C17H23FN6/c1-19-17(21-13-16-20-7-8-22(16)2)24-11-9-23(10-12-24)15-6-4-3-5-14(15)18/h3-8H,9-13H2,1-2H3,(H,19,21). The van der Waals surface area contributed by atoms with E-state index >= 15 is 0 Å². The Labute approximate surface area is 141 Å². The molecule has 0 amide bonds. The molecule has 1 aliphatic rings. The third kappa shape index (κ3) is 3.50. The van der Waals surface area contributed by atoms with Gasteiger partial charge in [-0.2, -0.15) is 0 Å². The number of nitrogens with one attached hydrogen (secondary N) is 1. The van der Waals surface area contributed by atoms with Crippen LogP contribution in [-0.4, -0.2) is 53.6 Å². The fourth-order valence-corrected chi connectivity index (χ4v) is 2.92. The SMILES string of the molecule is CN=C(NCc1nccn1C)N1CCN(c2ccccc2F)CC1. The fraction of sp³-hybridized carbons (Fsp3) is 0.412. The van der Waals surface area contributed by atoms with E-state index in [0.29, 0.717) is 12.2 Å². The van der Waals surface area contributed by atoms with E-state index in [9.17, 15) is 4.39 Å². The van der Waals surface area contributed by atoms with Crippen LogP contribution in [0.5, 0.6) is 0 Å². The maximum absolute atomic E-state index is 13.9. The Hall–Kier alpha value is -2.57. The van der Waals surface area contributed by atoms with E-state index in [-0.39, 0.29) is 5.82 Å². The second-order valence-corrected chi connectivity index (χ2v) is 5.78. The molecule has 1 aliphatic heterocycles. The molecule has 24 heavy (non-hydrogen) atoms. The molecule has 2 aromatic rings. The van der Waals surface area contributed by atoms with Crippen LogP contribution in [0.25, 0.3) is 0 Å². The van der Waals surface area contributed by atoms with Crippen molar-refractivity contribution in [2.75, 3.05) is 38.1 Å². The van der Waals surface area contributed by atoms with Gasteiger partial charge in [0, 0.05) is 52.7 Å².